The van der Waals surface area contributed by atoms with E-state index in [4.69, 9.17) is 0 Å². The fourth-order valence-corrected chi connectivity index (χ4v) is 4.37. The molecular weight excluding hydrogens is 358 g/mol. The van der Waals surface area contributed by atoms with Gasteiger partial charge in [0.15, 0.2) is 0 Å². The maximum Gasteiger partial charge on any atom is 0.269 e. The van der Waals surface area contributed by atoms with Crippen molar-refractivity contribution in [3.63, 3.8) is 0 Å². The number of hydrogen-bond acceptors (Lipinski definition) is 5. The normalized spacial score (nSPS) is 16.1. The number of nitro benzene ring substituents is 1. The average molecular weight is 375 g/mol. The van der Waals surface area contributed by atoms with E-state index in [1.807, 2.05) is 0 Å². The van der Waals surface area contributed by atoms with E-state index >= 15 is 0 Å². The zero-order valence-corrected chi connectivity index (χ0v) is 14.6. The van der Waals surface area contributed by atoms with Crippen molar-refractivity contribution in [3.8, 4) is 0 Å². The molecule has 1 aliphatic heterocycles. The van der Waals surface area contributed by atoms with Crippen molar-refractivity contribution >= 4 is 33.0 Å². The number of nitrogens with one attached hydrogen (secondary N) is 1. The SMILES string of the molecule is O=C(Nc1ccc([N+](=O)[O-])cc1)c1ccc(N2CCCCS2(=O)=O)cc1. The van der Waals surface area contributed by atoms with Gasteiger partial charge in [0, 0.05) is 29.9 Å². The number of nitrogens with zero attached hydrogens (tertiary/aromatic N) is 2. The van der Waals surface area contributed by atoms with E-state index < -0.39 is 14.9 Å². The van der Waals surface area contributed by atoms with Crippen molar-refractivity contribution in [2.75, 3.05) is 21.9 Å². The van der Waals surface area contributed by atoms with Crippen molar-refractivity contribution in [1.82, 2.24) is 0 Å². The Morgan fingerprint density at radius 3 is 2.27 bits per heavy atom. The Morgan fingerprint density at radius 1 is 1.04 bits per heavy atom. The Labute approximate surface area is 150 Å². The topological polar surface area (TPSA) is 110 Å². The molecular formula is C17H17N3O5S. The minimum atomic E-state index is -3.29. The van der Waals surface area contributed by atoms with Crippen LogP contribution in [0.1, 0.15) is 23.2 Å². The van der Waals surface area contributed by atoms with Gasteiger partial charge in [-0.15, -0.1) is 0 Å². The summed E-state index contributed by atoms with van der Waals surface area (Å²) >= 11 is 0. The highest BCUT2D eigenvalue weighted by molar-refractivity contribution is 7.92. The van der Waals surface area contributed by atoms with Gasteiger partial charge in [-0.05, 0) is 49.2 Å². The van der Waals surface area contributed by atoms with E-state index in [1.165, 1.54) is 28.6 Å². The quantitative estimate of drug-likeness (QED) is 0.653. The van der Waals surface area contributed by atoms with Crippen LogP contribution in [0.4, 0.5) is 17.1 Å². The molecule has 0 saturated carbocycles. The number of rotatable bonds is 4. The van der Waals surface area contributed by atoms with Gasteiger partial charge in [-0.1, -0.05) is 0 Å². The van der Waals surface area contributed by atoms with E-state index in [2.05, 4.69) is 5.32 Å². The first-order chi connectivity index (χ1) is 12.4. The van der Waals surface area contributed by atoms with E-state index in [0.29, 0.717) is 29.9 Å². The number of anilines is 2. The molecule has 2 aromatic rings. The van der Waals surface area contributed by atoms with Gasteiger partial charge >= 0.3 is 0 Å². The minimum absolute atomic E-state index is 0.0601. The average Bonchev–Trinajstić information content (AvgIpc) is 2.62. The molecule has 2 aromatic carbocycles. The molecule has 0 atom stereocenters. The van der Waals surface area contributed by atoms with Crippen LogP contribution >= 0.6 is 0 Å². The molecule has 0 aromatic heterocycles. The molecule has 0 unspecified atom stereocenters. The van der Waals surface area contributed by atoms with Gasteiger partial charge in [-0.2, -0.15) is 0 Å². The number of amides is 1. The number of carbonyl (C=O) groups excluding carboxylic acids is 1. The van der Waals surface area contributed by atoms with Crippen LogP contribution in [-0.2, 0) is 10.0 Å². The lowest BCUT2D eigenvalue weighted by Gasteiger charge is -2.28. The third-order valence-electron chi connectivity index (χ3n) is 4.10. The molecule has 1 fully saturated rings. The maximum absolute atomic E-state index is 12.3. The van der Waals surface area contributed by atoms with Crippen LogP contribution in [-0.4, -0.2) is 31.5 Å². The molecule has 0 aliphatic carbocycles. The van der Waals surface area contributed by atoms with Crippen molar-refractivity contribution in [3.05, 3.63) is 64.2 Å². The van der Waals surface area contributed by atoms with E-state index in [-0.39, 0.29) is 17.3 Å². The number of non-ortho nitro benzene ring substituents is 1. The van der Waals surface area contributed by atoms with Crippen LogP contribution < -0.4 is 9.62 Å². The Morgan fingerprint density at radius 2 is 1.69 bits per heavy atom. The molecule has 1 heterocycles. The molecule has 0 bridgehead atoms. The summed E-state index contributed by atoms with van der Waals surface area (Å²) < 4.78 is 25.6. The summed E-state index contributed by atoms with van der Waals surface area (Å²) in [4.78, 5) is 22.4. The molecule has 8 nitrogen and oxygen atoms in total. The van der Waals surface area contributed by atoms with Crippen molar-refractivity contribution in [2.45, 2.75) is 12.8 Å². The second kappa shape index (κ2) is 7.12. The number of hydrogen-bond donors (Lipinski definition) is 1. The first-order valence-corrected chi connectivity index (χ1v) is 9.64. The van der Waals surface area contributed by atoms with Crippen LogP contribution in [0.5, 0.6) is 0 Å². The van der Waals surface area contributed by atoms with Crippen LogP contribution in [0.15, 0.2) is 48.5 Å². The lowest BCUT2D eigenvalue weighted by Crippen LogP contribution is -2.37. The molecule has 26 heavy (non-hydrogen) atoms. The molecule has 1 amide bonds. The first kappa shape index (κ1) is 17.9. The summed E-state index contributed by atoms with van der Waals surface area (Å²) in [6.07, 6.45) is 1.47. The highest BCUT2D eigenvalue weighted by Crippen LogP contribution is 2.24. The van der Waals surface area contributed by atoms with Gasteiger partial charge < -0.3 is 5.32 Å². The Bertz CT molecular complexity index is 924. The third kappa shape index (κ3) is 3.83. The monoisotopic (exact) mass is 375 g/mol. The number of benzene rings is 2. The largest absolute Gasteiger partial charge is 0.322 e. The van der Waals surface area contributed by atoms with Gasteiger partial charge in [-0.3, -0.25) is 19.2 Å². The summed E-state index contributed by atoms with van der Waals surface area (Å²) in [5.74, 6) is -0.248. The second-order valence-electron chi connectivity index (χ2n) is 5.90. The predicted molar refractivity (Wildman–Crippen MR) is 97.9 cm³/mol. The fraction of sp³-hybridized carbons (Fsp3) is 0.235. The van der Waals surface area contributed by atoms with Gasteiger partial charge in [0.25, 0.3) is 11.6 Å². The molecule has 0 spiro atoms. The molecule has 9 heteroatoms. The molecule has 3 rings (SSSR count). The molecule has 136 valence electrons. The van der Waals surface area contributed by atoms with Gasteiger partial charge in [0.05, 0.1) is 16.4 Å². The molecule has 0 radical (unpaired) electrons. The first-order valence-electron chi connectivity index (χ1n) is 8.03. The zero-order valence-electron chi connectivity index (χ0n) is 13.8. The number of carbonyl (C=O) groups is 1. The van der Waals surface area contributed by atoms with Crippen molar-refractivity contribution in [1.29, 1.82) is 0 Å². The van der Waals surface area contributed by atoms with Crippen molar-refractivity contribution < 1.29 is 18.1 Å². The fourth-order valence-electron chi connectivity index (χ4n) is 2.73. The third-order valence-corrected chi connectivity index (χ3v) is 5.97. The van der Waals surface area contributed by atoms with E-state index in [9.17, 15) is 23.3 Å². The Hall–Kier alpha value is -2.94. The molecule has 1 N–H and O–H groups in total. The van der Waals surface area contributed by atoms with Crippen LogP contribution in [0.2, 0.25) is 0 Å². The summed E-state index contributed by atoms with van der Waals surface area (Å²) in [5, 5.41) is 13.3. The van der Waals surface area contributed by atoms with Gasteiger partial charge in [0.1, 0.15) is 0 Å². The van der Waals surface area contributed by atoms with Crippen LogP contribution in [0.3, 0.4) is 0 Å². The van der Waals surface area contributed by atoms with E-state index in [0.717, 1.165) is 6.42 Å². The highest BCUT2D eigenvalue weighted by atomic mass is 32.2. The summed E-state index contributed by atoms with van der Waals surface area (Å²) in [6, 6.07) is 11.8. The maximum atomic E-state index is 12.3. The molecule has 1 aliphatic rings. The van der Waals surface area contributed by atoms with Crippen LogP contribution in [0.25, 0.3) is 0 Å². The number of sulfonamides is 1. The van der Waals surface area contributed by atoms with Crippen LogP contribution in [0, 0.1) is 10.1 Å². The lowest BCUT2D eigenvalue weighted by atomic mass is 10.2. The van der Waals surface area contributed by atoms with Gasteiger partial charge in [0.2, 0.25) is 10.0 Å². The smallest absolute Gasteiger partial charge is 0.269 e. The summed E-state index contributed by atoms with van der Waals surface area (Å²) in [7, 11) is -3.29. The Kier molecular flexibility index (Phi) is 4.90. The number of nitro groups is 1. The molecule has 1 saturated heterocycles. The second-order valence-corrected chi connectivity index (χ2v) is 7.91. The lowest BCUT2D eigenvalue weighted by molar-refractivity contribution is -0.384. The summed E-state index contributed by atoms with van der Waals surface area (Å²) in [6.45, 7) is 0.441. The van der Waals surface area contributed by atoms with E-state index in [1.54, 1.807) is 24.3 Å². The zero-order chi connectivity index (χ0) is 18.7. The minimum Gasteiger partial charge on any atom is -0.322 e. The summed E-state index contributed by atoms with van der Waals surface area (Å²) in [5.41, 5.74) is 1.27. The Balaban J connectivity index is 1.71. The van der Waals surface area contributed by atoms with Crippen molar-refractivity contribution in [2.24, 2.45) is 0 Å². The van der Waals surface area contributed by atoms with Gasteiger partial charge in [-0.25, -0.2) is 8.42 Å². The predicted octanol–water partition coefficient (Wildman–Crippen LogP) is 2.78. The highest BCUT2D eigenvalue weighted by Gasteiger charge is 2.26. The standard InChI is InChI=1S/C17H17N3O5S/c21-17(18-14-5-9-16(10-6-14)20(22)23)13-3-7-15(8-4-13)19-11-1-2-12-26(19,24)25/h3-10H,1-2,11-12H2,(H,18,21).